The molecule has 0 aromatic heterocycles. The molecule has 0 atom stereocenters. The Hall–Kier alpha value is -2.35. The number of amides is 1. The predicted octanol–water partition coefficient (Wildman–Crippen LogP) is 3.77. The molecule has 1 aliphatic carbocycles. The summed E-state index contributed by atoms with van der Waals surface area (Å²) in [6, 6.07) is 7.35. The van der Waals surface area contributed by atoms with Gasteiger partial charge in [0.05, 0.1) is 11.6 Å². The van der Waals surface area contributed by atoms with Gasteiger partial charge in [-0.25, -0.2) is 0 Å². The molecule has 1 aliphatic heterocycles. The molecule has 1 heterocycles. The topological polar surface area (TPSA) is 64.4 Å². The van der Waals surface area contributed by atoms with Crippen molar-refractivity contribution in [1.82, 2.24) is 4.90 Å². The fourth-order valence-electron chi connectivity index (χ4n) is 4.32. The Bertz CT molecular complexity index is 724. The molecule has 1 saturated carbocycles. The number of Topliss-reactive ketones (excluding diaryl/α,β-unsaturated/α-hetero) is 1. The fourth-order valence-corrected chi connectivity index (χ4v) is 4.32. The maximum atomic E-state index is 12.6. The summed E-state index contributed by atoms with van der Waals surface area (Å²) >= 11 is 0. The van der Waals surface area contributed by atoms with Crippen molar-refractivity contribution in [3.05, 3.63) is 29.3 Å². The van der Waals surface area contributed by atoms with Crippen molar-refractivity contribution in [2.24, 2.45) is 5.92 Å². The third kappa shape index (κ3) is 4.88. The number of nitriles is 1. The Balaban J connectivity index is 1.56. The average Bonchev–Trinajstić information content (AvgIpc) is 2.72. The second kappa shape index (κ2) is 9.03. The van der Waals surface area contributed by atoms with Gasteiger partial charge >= 0.3 is 0 Å². The van der Waals surface area contributed by atoms with E-state index < -0.39 is 0 Å². The molecule has 0 unspecified atom stereocenters. The lowest BCUT2D eigenvalue weighted by atomic mass is 9.86. The summed E-state index contributed by atoms with van der Waals surface area (Å²) in [4.78, 5) is 28.6. The molecule has 0 bridgehead atoms. The molecule has 27 heavy (non-hydrogen) atoms. The number of hydrogen-bond donors (Lipinski definition) is 0. The minimum atomic E-state index is 0.000442. The Morgan fingerprint density at radius 1 is 1.11 bits per heavy atom. The number of nitrogens with zero attached hydrogens (tertiary/aromatic N) is 3. The van der Waals surface area contributed by atoms with Crippen LogP contribution in [0.15, 0.2) is 18.2 Å². The number of rotatable bonds is 5. The molecule has 1 saturated heterocycles. The van der Waals surface area contributed by atoms with E-state index in [0.29, 0.717) is 43.7 Å². The first-order valence-electron chi connectivity index (χ1n) is 10.2. The van der Waals surface area contributed by atoms with Crippen molar-refractivity contribution in [1.29, 1.82) is 5.26 Å². The number of benzene rings is 1. The van der Waals surface area contributed by atoms with Gasteiger partial charge in [0, 0.05) is 43.9 Å². The molecule has 3 rings (SSSR count). The van der Waals surface area contributed by atoms with Crippen LogP contribution in [0.3, 0.4) is 0 Å². The first-order valence-corrected chi connectivity index (χ1v) is 10.2. The molecule has 0 N–H and O–H groups in total. The molecular formula is C22H29N3O2. The van der Waals surface area contributed by atoms with Gasteiger partial charge in [-0.3, -0.25) is 9.59 Å². The Labute approximate surface area is 161 Å². The number of carbonyl (C=O) groups excluding carboxylic acids is 2. The van der Waals surface area contributed by atoms with E-state index in [1.54, 1.807) is 25.1 Å². The number of hydrogen-bond acceptors (Lipinski definition) is 4. The summed E-state index contributed by atoms with van der Waals surface area (Å²) in [6.07, 6.45) is 8.23. The van der Waals surface area contributed by atoms with Crippen molar-refractivity contribution in [3.8, 4) is 6.07 Å². The molecule has 2 fully saturated rings. The third-order valence-corrected chi connectivity index (χ3v) is 5.97. The van der Waals surface area contributed by atoms with E-state index in [4.69, 9.17) is 5.26 Å². The van der Waals surface area contributed by atoms with Gasteiger partial charge < -0.3 is 9.80 Å². The van der Waals surface area contributed by atoms with E-state index in [1.807, 2.05) is 4.90 Å². The van der Waals surface area contributed by atoms with Crippen LogP contribution < -0.4 is 4.90 Å². The molecule has 1 aromatic rings. The molecule has 2 aliphatic rings. The Kier molecular flexibility index (Phi) is 6.49. The normalized spacial score (nSPS) is 18.2. The summed E-state index contributed by atoms with van der Waals surface area (Å²) in [6.45, 7) is 4.31. The maximum absolute atomic E-state index is 12.6. The summed E-state index contributed by atoms with van der Waals surface area (Å²) in [5.74, 6) is 0.995. The number of anilines is 1. The van der Waals surface area contributed by atoms with E-state index in [1.165, 1.54) is 32.1 Å². The second-order valence-corrected chi connectivity index (χ2v) is 7.81. The van der Waals surface area contributed by atoms with E-state index in [-0.39, 0.29) is 11.7 Å². The summed E-state index contributed by atoms with van der Waals surface area (Å²) in [7, 11) is 0. The van der Waals surface area contributed by atoms with Crippen LogP contribution in [-0.4, -0.2) is 42.8 Å². The smallest absolute Gasteiger partial charge is 0.222 e. The van der Waals surface area contributed by atoms with Crippen molar-refractivity contribution in [3.63, 3.8) is 0 Å². The zero-order chi connectivity index (χ0) is 19.2. The van der Waals surface area contributed by atoms with Crippen LogP contribution in [0.25, 0.3) is 0 Å². The zero-order valence-electron chi connectivity index (χ0n) is 16.2. The highest BCUT2D eigenvalue weighted by molar-refractivity contribution is 6.00. The predicted molar refractivity (Wildman–Crippen MR) is 106 cm³/mol. The average molecular weight is 367 g/mol. The SMILES string of the molecule is CC(=O)c1ccc(C#N)cc1N1CCN(C(=O)CCC2CCCCC2)CC1. The maximum Gasteiger partial charge on any atom is 0.222 e. The zero-order valence-corrected chi connectivity index (χ0v) is 16.2. The van der Waals surface area contributed by atoms with Gasteiger partial charge in [0.1, 0.15) is 0 Å². The van der Waals surface area contributed by atoms with Crippen molar-refractivity contribution in [2.45, 2.75) is 51.9 Å². The lowest BCUT2D eigenvalue weighted by molar-refractivity contribution is -0.131. The minimum absolute atomic E-state index is 0.000442. The van der Waals surface area contributed by atoms with Crippen molar-refractivity contribution < 1.29 is 9.59 Å². The number of carbonyl (C=O) groups is 2. The van der Waals surface area contributed by atoms with Crippen LogP contribution in [0.2, 0.25) is 0 Å². The molecule has 5 nitrogen and oxygen atoms in total. The number of piperazine rings is 1. The van der Waals surface area contributed by atoms with Gasteiger partial charge in [-0.05, 0) is 37.5 Å². The molecule has 1 amide bonds. The van der Waals surface area contributed by atoms with Gasteiger partial charge in [0.2, 0.25) is 5.91 Å². The van der Waals surface area contributed by atoms with Gasteiger partial charge in [-0.1, -0.05) is 32.1 Å². The molecular weight excluding hydrogens is 338 g/mol. The minimum Gasteiger partial charge on any atom is -0.367 e. The Morgan fingerprint density at radius 2 is 1.81 bits per heavy atom. The van der Waals surface area contributed by atoms with Crippen LogP contribution in [0.1, 0.15) is 67.8 Å². The molecule has 1 aromatic carbocycles. The van der Waals surface area contributed by atoms with Gasteiger partial charge in [-0.2, -0.15) is 5.26 Å². The highest BCUT2D eigenvalue weighted by atomic mass is 16.2. The van der Waals surface area contributed by atoms with Crippen LogP contribution in [-0.2, 0) is 4.79 Å². The van der Waals surface area contributed by atoms with Crippen molar-refractivity contribution in [2.75, 3.05) is 31.1 Å². The monoisotopic (exact) mass is 367 g/mol. The van der Waals surface area contributed by atoms with Gasteiger partial charge in [-0.15, -0.1) is 0 Å². The first kappa shape index (κ1) is 19.4. The van der Waals surface area contributed by atoms with Crippen LogP contribution in [0.5, 0.6) is 0 Å². The van der Waals surface area contributed by atoms with Crippen molar-refractivity contribution >= 4 is 17.4 Å². The molecule has 0 spiro atoms. The van der Waals surface area contributed by atoms with Crippen LogP contribution in [0, 0.1) is 17.2 Å². The highest BCUT2D eigenvalue weighted by Gasteiger charge is 2.24. The lowest BCUT2D eigenvalue weighted by Crippen LogP contribution is -2.49. The molecule has 144 valence electrons. The summed E-state index contributed by atoms with van der Waals surface area (Å²) in [5.41, 5.74) is 2.02. The second-order valence-electron chi connectivity index (χ2n) is 7.81. The quantitative estimate of drug-likeness (QED) is 0.743. The molecule has 5 heteroatoms. The first-order chi connectivity index (χ1) is 13.1. The summed E-state index contributed by atoms with van der Waals surface area (Å²) in [5, 5.41) is 9.16. The van der Waals surface area contributed by atoms with Gasteiger partial charge in [0.15, 0.2) is 5.78 Å². The standard InChI is InChI=1S/C22H29N3O2/c1-17(26)20-9-7-19(16-23)15-21(20)24-11-13-25(14-12-24)22(27)10-8-18-5-3-2-4-6-18/h7,9,15,18H,2-6,8,10-14H2,1H3. The molecule has 0 radical (unpaired) electrons. The van der Waals surface area contributed by atoms with E-state index in [9.17, 15) is 9.59 Å². The fraction of sp³-hybridized carbons (Fsp3) is 0.591. The van der Waals surface area contributed by atoms with Crippen LogP contribution >= 0.6 is 0 Å². The highest BCUT2D eigenvalue weighted by Crippen LogP contribution is 2.28. The lowest BCUT2D eigenvalue weighted by Gasteiger charge is -2.37. The van der Waals surface area contributed by atoms with E-state index in [0.717, 1.165) is 18.0 Å². The largest absolute Gasteiger partial charge is 0.367 e. The summed E-state index contributed by atoms with van der Waals surface area (Å²) < 4.78 is 0. The van der Waals surface area contributed by atoms with E-state index >= 15 is 0 Å². The Morgan fingerprint density at radius 3 is 2.44 bits per heavy atom. The van der Waals surface area contributed by atoms with E-state index in [2.05, 4.69) is 11.0 Å². The third-order valence-electron chi connectivity index (χ3n) is 5.97. The number of ketones is 1. The van der Waals surface area contributed by atoms with Gasteiger partial charge in [0.25, 0.3) is 0 Å². The van der Waals surface area contributed by atoms with Crippen LogP contribution in [0.4, 0.5) is 5.69 Å².